The molecule has 1 aromatic rings. The number of likely N-dealkylation sites (tertiary alicyclic amines) is 1. The third-order valence-corrected chi connectivity index (χ3v) is 4.45. The molecule has 110 valence electrons. The minimum Gasteiger partial charge on any atom is -0.376 e. The molecule has 1 unspecified atom stereocenters. The van der Waals surface area contributed by atoms with Crippen LogP contribution in [0.3, 0.4) is 0 Å². The first-order valence-electron chi connectivity index (χ1n) is 7.73. The normalized spacial score (nSPS) is 18.9. The number of carbonyl (C=O) groups is 1. The van der Waals surface area contributed by atoms with Crippen LogP contribution in [0.25, 0.3) is 0 Å². The summed E-state index contributed by atoms with van der Waals surface area (Å²) in [6.07, 6.45) is 4.62. The number of aryl methyl sites for hydroxylation is 1. The number of hydrogen-bond donors (Lipinski definition) is 1. The molecule has 1 atom stereocenters. The Hall–Kier alpha value is -1.51. The van der Waals surface area contributed by atoms with Crippen LogP contribution in [0.4, 0.5) is 5.69 Å². The smallest absolute Gasteiger partial charge is 0.242 e. The summed E-state index contributed by atoms with van der Waals surface area (Å²) in [7, 11) is 0. The van der Waals surface area contributed by atoms with Crippen LogP contribution in [0.1, 0.15) is 43.7 Å². The number of piperidine rings is 1. The Labute approximate surface area is 122 Å². The van der Waals surface area contributed by atoms with Crippen molar-refractivity contribution < 1.29 is 4.79 Å². The Morgan fingerprint density at radius 2 is 2.15 bits per heavy atom. The number of benzene rings is 1. The predicted molar refractivity (Wildman–Crippen MR) is 84.0 cm³/mol. The lowest BCUT2D eigenvalue weighted by atomic mass is 10.00. The van der Waals surface area contributed by atoms with Gasteiger partial charge >= 0.3 is 0 Å². The Kier molecular flexibility index (Phi) is 5.05. The van der Waals surface area contributed by atoms with Crippen LogP contribution >= 0.6 is 0 Å². The largest absolute Gasteiger partial charge is 0.376 e. The van der Waals surface area contributed by atoms with Crippen LogP contribution in [0.5, 0.6) is 0 Å². The van der Waals surface area contributed by atoms with Gasteiger partial charge in [0.25, 0.3) is 0 Å². The van der Waals surface area contributed by atoms with E-state index in [0.29, 0.717) is 12.6 Å². The van der Waals surface area contributed by atoms with Crippen LogP contribution in [-0.2, 0) is 4.79 Å². The van der Waals surface area contributed by atoms with Gasteiger partial charge < -0.3 is 10.2 Å². The number of rotatable bonds is 4. The Morgan fingerprint density at radius 3 is 2.90 bits per heavy atom. The van der Waals surface area contributed by atoms with Gasteiger partial charge in [0.1, 0.15) is 0 Å². The molecule has 0 spiro atoms. The number of carbonyl (C=O) groups excluding carboxylic acids is 1. The minimum absolute atomic E-state index is 0.234. The molecule has 1 saturated heterocycles. The summed E-state index contributed by atoms with van der Waals surface area (Å²) in [6, 6.07) is 6.62. The van der Waals surface area contributed by atoms with E-state index in [0.717, 1.165) is 31.5 Å². The average molecular weight is 274 g/mol. The highest BCUT2D eigenvalue weighted by molar-refractivity contribution is 5.81. The lowest BCUT2D eigenvalue weighted by Gasteiger charge is -2.35. The second-order valence-corrected chi connectivity index (χ2v) is 5.75. The van der Waals surface area contributed by atoms with E-state index in [1.807, 2.05) is 12.1 Å². The van der Waals surface area contributed by atoms with Gasteiger partial charge in [0.05, 0.1) is 6.54 Å². The summed E-state index contributed by atoms with van der Waals surface area (Å²) in [4.78, 5) is 14.5. The molecule has 3 heteroatoms. The van der Waals surface area contributed by atoms with Crippen molar-refractivity contribution in [3.63, 3.8) is 0 Å². The molecule has 3 nitrogen and oxygen atoms in total. The third kappa shape index (κ3) is 3.33. The maximum absolute atomic E-state index is 12.4. The molecule has 0 aliphatic carbocycles. The molecule has 0 radical (unpaired) electrons. The minimum atomic E-state index is 0.234. The van der Waals surface area contributed by atoms with Gasteiger partial charge in [-0.1, -0.05) is 19.1 Å². The number of nitrogens with one attached hydrogen (secondary N) is 1. The summed E-state index contributed by atoms with van der Waals surface area (Å²) >= 11 is 0. The molecule has 1 heterocycles. The highest BCUT2D eigenvalue weighted by atomic mass is 16.2. The fourth-order valence-electron chi connectivity index (χ4n) is 2.97. The number of nitrogens with zero attached hydrogens (tertiary/aromatic N) is 1. The maximum Gasteiger partial charge on any atom is 0.242 e. The average Bonchev–Trinajstić information content (AvgIpc) is 2.48. The Morgan fingerprint density at radius 1 is 1.35 bits per heavy atom. The fourth-order valence-corrected chi connectivity index (χ4v) is 2.97. The lowest BCUT2D eigenvalue weighted by Crippen LogP contribution is -2.45. The first kappa shape index (κ1) is 14.9. The Balaban J connectivity index is 1.96. The number of hydrogen-bond acceptors (Lipinski definition) is 2. The molecular formula is C17H26N2O. The SMILES string of the molecule is CCC1CCCCN1C(=O)CNc1cccc(C)c1C. The molecule has 2 rings (SSSR count). The third-order valence-electron chi connectivity index (χ3n) is 4.45. The highest BCUT2D eigenvalue weighted by Gasteiger charge is 2.24. The molecule has 20 heavy (non-hydrogen) atoms. The summed E-state index contributed by atoms with van der Waals surface area (Å²) in [5.74, 6) is 0.234. The summed E-state index contributed by atoms with van der Waals surface area (Å²) in [6.45, 7) is 7.69. The lowest BCUT2D eigenvalue weighted by molar-refractivity contribution is -0.133. The van der Waals surface area contributed by atoms with Crippen molar-refractivity contribution in [1.29, 1.82) is 0 Å². The fraction of sp³-hybridized carbons (Fsp3) is 0.588. The van der Waals surface area contributed by atoms with Crippen LogP contribution < -0.4 is 5.32 Å². The maximum atomic E-state index is 12.4. The predicted octanol–water partition coefficient (Wildman–Crippen LogP) is 3.51. The van der Waals surface area contributed by atoms with Crippen molar-refractivity contribution in [2.45, 2.75) is 52.5 Å². The van der Waals surface area contributed by atoms with Gasteiger partial charge in [-0.2, -0.15) is 0 Å². The van der Waals surface area contributed by atoms with Crippen molar-refractivity contribution >= 4 is 11.6 Å². The molecule has 1 aliphatic heterocycles. The van der Waals surface area contributed by atoms with E-state index < -0.39 is 0 Å². The van der Waals surface area contributed by atoms with E-state index in [-0.39, 0.29) is 5.91 Å². The van der Waals surface area contributed by atoms with E-state index in [1.54, 1.807) is 0 Å². The van der Waals surface area contributed by atoms with Crippen LogP contribution in [-0.4, -0.2) is 29.9 Å². The van der Waals surface area contributed by atoms with E-state index in [2.05, 4.69) is 37.1 Å². The zero-order valence-corrected chi connectivity index (χ0v) is 12.9. The summed E-state index contributed by atoms with van der Waals surface area (Å²) in [5.41, 5.74) is 3.56. The molecule has 0 bridgehead atoms. The van der Waals surface area contributed by atoms with Crippen LogP contribution in [0, 0.1) is 13.8 Å². The van der Waals surface area contributed by atoms with Gasteiger partial charge in [0.2, 0.25) is 5.91 Å². The van der Waals surface area contributed by atoms with Crippen molar-refractivity contribution in [1.82, 2.24) is 4.90 Å². The second-order valence-electron chi connectivity index (χ2n) is 5.75. The monoisotopic (exact) mass is 274 g/mol. The van der Waals surface area contributed by atoms with Gasteiger partial charge in [0, 0.05) is 18.3 Å². The number of anilines is 1. The quantitative estimate of drug-likeness (QED) is 0.911. The molecule has 0 aromatic heterocycles. The summed E-state index contributed by atoms with van der Waals surface area (Å²) < 4.78 is 0. The molecule has 1 aromatic carbocycles. The van der Waals surface area contributed by atoms with Crippen molar-refractivity contribution in [2.75, 3.05) is 18.4 Å². The van der Waals surface area contributed by atoms with E-state index in [1.165, 1.54) is 17.5 Å². The molecule has 0 saturated carbocycles. The van der Waals surface area contributed by atoms with Crippen molar-refractivity contribution in [2.24, 2.45) is 0 Å². The first-order valence-corrected chi connectivity index (χ1v) is 7.73. The zero-order chi connectivity index (χ0) is 14.5. The van der Waals surface area contributed by atoms with E-state index in [4.69, 9.17) is 0 Å². The second kappa shape index (κ2) is 6.78. The van der Waals surface area contributed by atoms with Crippen molar-refractivity contribution in [3.05, 3.63) is 29.3 Å². The van der Waals surface area contributed by atoms with E-state index in [9.17, 15) is 4.79 Å². The van der Waals surface area contributed by atoms with Gasteiger partial charge in [-0.3, -0.25) is 4.79 Å². The Bertz CT molecular complexity index is 470. The van der Waals surface area contributed by atoms with Crippen LogP contribution in [0.2, 0.25) is 0 Å². The molecular weight excluding hydrogens is 248 g/mol. The molecule has 1 fully saturated rings. The first-order chi connectivity index (χ1) is 9.63. The van der Waals surface area contributed by atoms with Gasteiger partial charge in [0.15, 0.2) is 0 Å². The molecule has 1 aliphatic rings. The van der Waals surface area contributed by atoms with Crippen LogP contribution in [0.15, 0.2) is 18.2 Å². The molecule has 1 N–H and O–H groups in total. The van der Waals surface area contributed by atoms with Gasteiger partial charge in [-0.15, -0.1) is 0 Å². The summed E-state index contributed by atoms with van der Waals surface area (Å²) in [5, 5.41) is 3.30. The van der Waals surface area contributed by atoms with E-state index >= 15 is 0 Å². The highest BCUT2D eigenvalue weighted by Crippen LogP contribution is 2.21. The van der Waals surface area contributed by atoms with Gasteiger partial charge in [-0.05, 0) is 56.7 Å². The van der Waals surface area contributed by atoms with Crippen molar-refractivity contribution in [3.8, 4) is 0 Å². The molecule has 1 amide bonds. The number of amides is 1. The standard InChI is InChI=1S/C17H26N2O/c1-4-15-9-5-6-11-19(15)17(20)12-18-16-10-7-8-13(2)14(16)3/h7-8,10,15,18H,4-6,9,11-12H2,1-3H3. The zero-order valence-electron chi connectivity index (χ0n) is 12.9. The topological polar surface area (TPSA) is 32.3 Å². The van der Waals surface area contributed by atoms with Gasteiger partial charge in [-0.25, -0.2) is 0 Å².